The first-order valence-electron chi connectivity index (χ1n) is 10.1. The van der Waals surface area contributed by atoms with Gasteiger partial charge in [-0.3, -0.25) is 0 Å². The predicted octanol–water partition coefficient (Wildman–Crippen LogP) is 2.31. The van der Waals surface area contributed by atoms with E-state index >= 15 is 0 Å². The summed E-state index contributed by atoms with van der Waals surface area (Å²) in [6, 6.07) is 10.3. The smallest absolute Gasteiger partial charge is 0.407 e. The molecular formula is C20H31N3O4S. The van der Waals surface area contributed by atoms with Gasteiger partial charge in [0, 0.05) is 44.2 Å². The molecule has 2 fully saturated rings. The molecule has 1 amide bonds. The number of sulfonamides is 1. The first kappa shape index (κ1) is 21.1. The Hall–Kier alpha value is -1.64. The van der Waals surface area contributed by atoms with E-state index in [0.717, 1.165) is 32.4 Å². The quantitative estimate of drug-likeness (QED) is 0.688. The lowest BCUT2D eigenvalue weighted by Gasteiger charge is -2.37. The van der Waals surface area contributed by atoms with E-state index in [1.54, 1.807) is 18.7 Å². The van der Waals surface area contributed by atoms with Crippen molar-refractivity contribution in [2.24, 2.45) is 0 Å². The highest BCUT2D eigenvalue weighted by molar-refractivity contribution is 7.90. The van der Waals surface area contributed by atoms with Crippen molar-refractivity contribution in [3.05, 3.63) is 35.9 Å². The van der Waals surface area contributed by atoms with Crippen LogP contribution < -0.4 is 4.72 Å². The summed E-state index contributed by atoms with van der Waals surface area (Å²) >= 11 is 0. The Labute approximate surface area is 167 Å². The largest absolute Gasteiger partial charge is 0.465 e. The number of benzene rings is 1. The minimum atomic E-state index is -3.23. The number of nitrogens with zero attached hydrogens (tertiary/aromatic N) is 2. The van der Waals surface area contributed by atoms with Crippen LogP contribution in [0.4, 0.5) is 4.79 Å². The molecule has 1 aliphatic heterocycles. The molecule has 0 spiro atoms. The van der Waals surface area contributed by atoms with Crippen molar-refractivity contribution in [2.45, 2.75) is 56.4 Å². The van der Waals surface area contributed by atoms with Crippen LogP contribution in [0.5, 0.6) is 0 Å². The normalized spacial score (nSPS) is 23.7. The van der Waals surface area contributed by atoms with Crippen LogP contribution in [0.3, 0.4) is 0 Å². The van der Waals surface area contributed by atoms with Crippen LogP contribution in [0.15, 0.2) is 30.3 Å². The number of nitrogens with one attached hydrogen (secondary N) is 1. The summed E-state index contributed by atoms with van der Waals surface area (Å²) in [7, 11) is -3.23. The van der Waals surface area contributed by atoms with Gasteiger partial charge in [0.25, 0.3) is 0 Å². The highest BCUT2D eigenvalue weighted by Gasteiger charge is 2.47. The van der Waals surface area contributed by atoms with Gasteiger partial charge in [-0.2, -0.15) is 0 Å². The van der Waals surface area contributed by atoms with Crippen molar-refractivity contribution in [2.75, 3.05) is 26.2 Å². The van der Waals surface area contributed by atoms with Gasteiger partial charge in [0.05, 0.1) is 5.25 Å². The van der Waals surface area contributed by atoms with Crippen molar-refractivity contribution in [1.82, 2.24) is 14.5 Å². The molecule has 1 aliphatic carbocycles. The maximum Gasteiger partial charge on any atom is 0.407 e. The Balaban J connectivity index is 1.48. The lowest BCUT2D eigenvalue weighted by Crippen LogP contribution is -2.49. The second kappa shape index (κ2) is 8.80. The molecule has 1 aromatic rings. The summed E-state index contributed by atoms with van der Waals surface area (Å²) in [6.07, 6.45) is 1.65. The average molecular weight is 410 g/mol. The molecule has 0 aromatic heterocycles. The van der Waals surface area contributed by atoms with E-state index in [2.05, 4.69) is 21.8 Å². The molecular weight excluding hydrogens is 378 g/mol. The molecule has 1 saturated heterocycles. The molecule has 28 heavy (non-hydrogen) atoms. The maximum atomic E-state index is 11.9. The third-order valence-corrected chi connectivity index (χ3v) is 7.71. The van der Waals surface area contributed by atoms with E-state index in [1.165, 1.54) is 5.56 Å². The minimum absolute atomic E-state index is 0.0415. The summed E-state index contributed by atoms with van der Waals surface area (Å²) in [5, 5.41) is 9.35. The van der Waals surface area contributed by atoms with Gasteiger partial charge in [-0.15, -0.1) is 0 Å². The minimum Gasteiger partial charge on any atom is -0.465 e. The molecule has 1 heterocycles. The average Bonchev–Trinajstić information content (AvgIpc) is 3.43. The predicted molar refractivity (Wildman–Crippen MR) is 109 cm³/mol. The van der Waals surface area contributed by atoms with Crippen molar-refractivity contribution in [3.63, 3.8) is 0 Å². The molecule has 2 N–H and O–H groups in total. The molecule has 0 bridgehead atoms. The molecule has 2 atom stereocenters. The summed E-state index contributed by atoms with van der Waals surface area (Å²) in [4.78, 5) is 15.8. The van der Waals surface area contributed by atoms with Gasteiger partial charge >= 0.3 is 6.09 Å². The first-order valence-corrected chi connectivity index (χ1v) is 11.6. The zero-order valence-electron chi connectivity index (χ0n) is 16.6. The van der Waals surface area contributed by atoms with Gasteiger partial charge in [-0.25, -0.2) is 17.9 Å². The Bertz CT molecular complexity index is 761. The second-order valence-corrected chi connectivity index (χ2v) is 10.4. The van der Waals surface area contributed by atoms with E-state index in [0.29, 0.717) is 19.0 Å². The van der Waals surface area contributed by atoms with Crippen LogP contribution in [0.25, 0.3) is 0 Å². The molecule has 3 rings (SSSR count). The fraction of sp³-hybridized carbons (Fsp3) is 0.650. The molecule has 7 nitrogen and oxygen atoms in total. The number of rotatable bonds is 8. The summed E-state index contributed by atoms with van der Waals surface area (Å²) in [6.45, 7) is 5.96. The molecule has 2 aliphatic rings. The maximum absolute atomic E-state index is 11.9. The van der Waals surface area contributed by atoms with Crippen molar-refractivity contribution >= 4 is 16.1 Å². The first-order chi connectivity index (χ1) is 13.3. The summed E-state index contributed by atoms with van der Waals surface area (Å²) in [5.74, 6) is 0.306. The Kier molecular flexibility index (Phi) is 6.62. The topological polar surface area (TPSA) is 90.0 Å². The lowest BCUT2D eigenvalue weighted by atomic mass is 10.0. The van der Waals surface area contributed by atoms with E-state index in [4.69, 9.17) is 0 Å². The van der Waals surface area contributed by atoms with Crippen LogP contribution in [0, 0.1) is 0 Å². The number of carbonyl (C=O) groups is 1. The van der Waals surface area contributed by atoms with Gasteiger partial charge in [0.15, 0.2) is 0 Å². The van der Waals surface area contributed by atoms with Gasteiger partial charge < -0.3 is 14.9 Å². The van der Waals surface area contributed by atoms with Gasteiger partial charge in [0.2, 0.25) is 10.0 Å². The molecule has 156 valence electrons. The molecule has 0 unspecified atom stereocenters. The van der Waals surface area contributed by atoms with Crippen molar-refractivity contribution in [1.29, 1.82) is 0 Å². The molecule has 8 heteroatoms. The standard InChI is InChI=1S/C20H31N3O4S/c1-15(2)28(26,27)21-10-13-22-11-8-17(9-12-22)23(20(24)25)19-14-18(19)16-6-4-3-5-7-16/h3-7,15,17-19,21H,8-14H2,1-2H3,(H,24,25)/t18-,19+/m0/s1. The molecule has 1 aromatic carbocycles. The zero-order valence-corrected chi connectivity index (χ0v) is 17.4. The van der Waals surface area contributed by atoms with E-state index in [9.17, 15) is 18.3 Å². The Morgan fingerprint density at radius 2 is 1.89 bits per heavy atom. The lowest BCUT2D eigenvalue weighted by molar-refractivity contribution is 0.0859. The SMILES string of the molecule is CC(C)S(=O)(=O)NCCN1CCC(N(C(=O)O)[C@@H]2C[C@H]2c2ccccc2)CC1. The second-order valence-electron chi connectivity index (χ2n) is 8.07. The third-order valence-electron chi connectivity index (χ3n) is 5.87. The van der Waals surface area contributed by atoms with Crippen molar-refractivity contribution < 1.29 is 18.3 Å². The fourth-order valence-electron chi connectivity index (χ4n) is 4.05. The van der Waals surface area contributed by atoms with E-state index < -0.39 is 21.4 Å². The van der Waals surface area contributed by atoms with Crippen LogP contribution in [0.2, 0.25) is 0 Å². The van der Waals surface area contributed by atoms with E-state index in [-0.39, 0.29) is 12.1 Å². The summed E-state index contributed by atoms with van der Waals surface area (Å²) in [5.41, 5.74) is 1.22. The van der Waals surface area contributed by atoms with Gasteiger partial charge in [-0.1, -0.05) is 30.3 Å². The van der Waals surface area contributed by atoms with Crippen LogP contribution in [0.1, 0.15) is 44.6 Å². The molecule has 0 radical (unpaired) electrons. The Morgan fingerprint density at radius 1 is 1.25 bits per heavy atom. The highest BCUT2D eigenvalue weighted by atomic mass is 32.2. The number of piperidine rings is 1. The summed E-state index contributed by atoms with van der Waals surface area (Å²) < 4.78 is 26.3. The van der Waals surface area contributed by atoms with E-state index in [1.807, 2.05) is 18.2 Å². The van der Waals surface area contributed by atoms with Crippen molar-refractivity contribution in [3.8, 4) is 0 Å². The number of amides is 1. The Morgan fingerprint density at radius 3 is 2.46 bits per heavy atom. The third kappa shape index (κ3) is 5.04. The van der Waals surface area contributed by atoms with Gasteiger partial charge in [-0.05, 0) is 38.7 Å². The monoisotopic (exact) mass is 409 g/mol. The fourth-order valence-corrected chi connectivity index (χ4v) is 4.76. The highest BCUT2D eigenvalue weighted by Crippen LogP contribution is 2.46. The van der Waals surface area contributed by atoms with Crippen LogP contribution in [-0.2, 0) is 10.0 Å². The number of hydrogen-bond acceptors (Lipinski definition) is 4. The van der Waals surface area contributed by atoms with Crippen LogP contribution in [-0.4, -0.2) is 72.9 Å². The number of hydrogen-bond donors (Lipinski definition) is 2. The number of carboxylic acid groups (broad SMARTS) is 1. The molecule has 1 saturated carbocycles. The zero-order chi connectivity index (χ0) is 20.3. The number of likely N-dealkylation sites (tertiary alicyclic amines) is 1. The van der Waals surface area contributed by atoms with Crippen LogP contribution >= 0.6 is 0 Å². The van der Waals surface area contributed by atoms with Gasteiger partial charge in [0.1, 0.15) is 0 Å².